The first-order chi connectivity index (χ1) is 29.9. The number of hydrogen-bond donors (Lipinski definition) is 2. The monoisotopic (exact) mass is 1190 g/mol. The van der Waals surface area contributed by atoms with Gasteiger partial charge in [0, 0.05) is 122 Å². The standard InChI is InChI=1S/C43H64N8O12.2Gd/c1-28(38(52)53)46-11-15-48(30(3)40(56)57)23-32-7-5-9-34(19-32)25-50(17-13-46)36(42(60)61)21-44-27-45-22-37(43(62)63)51-18-14-47(29(2)39(54)55)12-16-49(31(4)41(58)59)24-33-8-6-10-35(20-33)26-51;;/h5-10,19-20,28-31,36-37,44-45H,11-18,21-27H2,1-4H3,(H,52,53)(H,54,55)(H,56,57)(H,58,59)(H,60,61)(H,62,63);;/q;2*+3/p-6. The van der Waals surface area contributed by atoms with Gasteiger partial charge < -0.3 is 70.0 Å². The van der Waals surface area contributed by atoms with E-state index in [0.717, 1.165) is 22.3 Å². The zero-order valence-corrected chi connectivity index (χ0v) is 41.5. The third-order valence-electron chi connectivity index (χ3n) is 12.1. The second-order valence-corrected chi connectivity index (χ2v) is 16.3. The molecule has 0 fully saturated rings. The van der Waals surface area contributed by atoms with Crippen molar-refractivity contribution in [2.24, 2.45) is 0 Å². The molecule has 22 heteroatoms. The molecule has 2 aliphatic heterocycles. The molecular weight excluding hydrogens is 1140 g/mol. The maximum absolute atomic E-state index is 12.7. The number of carbonyl (C=O) groups is 6. The first-order valence-electron chi connectivity index (χ1n) is 21.1. The first-order valence-corrected chi connectivity index (χ1v) is 21.1. The summed E-state index contributed by atoms with van der Waals surface area (Å²) in [5, 5.41) is 79.2. The van der Waals surface area contributed by atoms with Gasteiger partial charge in [-0.05, 0) is 49.9 Å². The molecule has 0 amide bonds. The second kappa shape index (κ2) is 28.8. The van der Waals surface area contributed by atoms with Crippen LogP contribution in [0.15, 0.2) is 48.5 Å². The topological polar surface area (TPSA) is 284 Å². The SMILES string of the molecule is CC(C(=O)[O-])N1CCN(C(C)C(=O)[O-])Cc2cccc(c2)CN(C(CNCNCC(C(=O)[O-])N2CCN(C(C)C(=O)[O-])CCN(C(C)C(=O)[O-])Cc3cccc(c3)C2)C(=O)[O-])CC1.[Gd+3].[Gd+3]. The number of carboxylic acids is 6. The van der Waals surface area contributed by atoms with Crippen molar-refractivity contribution in [1.82, 2.24) is 40.0 Å². The molecule has 2 aromatic rings. The van der Waals surface area contributed by atoms with Crippen LogP contribution in [-0.2, 0) is 54.9 Å². The molecule has 6 atom stereocenters. The van der Waals surface area contributed by atoms with Crippen molar-refractivity contribution >= 4 is 35.8 Å². The predicted octanol–water partition coefficient (Wildman–Crippen LogP) is -7.85. The molecule has 2 N–H and O–H groups in total. The number of aliphatic carboxylic acids is 6. The summed E-state index contributed by atoms with van der Waals surface area (Å²) in [4.78, 5) is 82.9. The first kappa shape index (κ1) is 58.7. The Balaban J connectivity index is 0.00000726. The minimum atomic E-state index is -1.40. The molecule has 6 unspecified atom stereocenters. The second-order valence-electron chi connectivity index (χ2n) is 16.3. The van der Waals surface area contributed by atoms with Gasteiger partial charge in [-0.15, -0.1) is 0 Å². The Morgan fingerprint density at radius 1 is 0.431 bits per heavy atom. The van der Waals surface area contributed by atoms with E-state index >= 15 is 0 Å². The van der Waals surface area contributed by atoms with Gasteiger partial charge in [-0.25, -0.2) is 0 Å². The van der Waals surface area contributed by atoms with Crippen LogP contribution in [-0.4, -0.2) is 174 Å². The van der Waals surface area contributed by atoms with Gasteiger partial charge in [-0.1, -0.05) is 48.5 Å². The van der Waals surface area contributed by atoms with Crippen molar-refractivity contribution in [3.8, 4) is 0 Å². The van der Waals surface area contributed by atoms with Gasteiger partial charge in [0.15, 0.2) is 0 Å². The van der Waals surface area contributed by atoms with E-state index in [4.69, 9.17) is 0 Å². The molecule has 2 aliphatic rings. The van der Waals surface area contributed by atoms with Gasteiger partial charge in [-0.2, -0.15) is 0 Å². The number of hydrogen-bond acceptors (Lipinski definition) is 20. The van der Waals surface area contributed by atoms with E-state index in [9.17, 15) is 59.4 Å². The van der Waals surface area contributed by atoms with Crippen LogP contribution in [0, 0.1) is 79.9 Å². The summed E-state index contributed by atoms with van der Waals surface area (Å²) in [5.74, 6) is -8.05. The predicted molar refractivity (Wildman–Crippen MR) is 214 cm³/mol. The Kier molecular flexibility index (Phi) is 26.0. The molecule has 20 nitrogen and oxygen atoms in total. The van der Waals surface area contributed by atoms with E-state index in [-0.39, 0.29) is 178 Å². The van der Waals surface area contributed by atoms with Gasteiger partial charge in [0.1, 0.15) is 0 Å². The largest absolute Gasteiger partial charge is 3.00 e. The van der Waals surface area contributed by atoms with Crippen molar-refractivity contribution in [3.63, 3.8) is 0 Å². The van der Waals surface area contributed by atoms with Crippen molar-refractivity contribution in [2.75, 3.05) is 72.1 Å². The van der Waals surface area contributed by atoms with E-state index in [0.29, 0.717) is 0 Å². The molecule has 65 heavy (non-hydrogen) atoms. The third kappa shape index (κ3) is 18.2. The fraction of sp³-hybridized carbons (Fsp3) is 0.581. The minimum absolute atomic E-state index is 0. The fourth-order valence-electron chi connectivity index (χ4n) is 7.95. The summed E-state index contributed by atoms with van der Waals surface area (Å²) < 4.78 is 0. The van der Waals surface area contributed by atoms with Gasteiger partial charge in [0.2, 0.25) is 0 Å². The molecule has 2 radical (unpaired) electrons. The summed E-state index contributed by atoms with van der Waals surface area (Å²) >= 11 is 0. The maximum Gasteiger partial charge on any atom is 3.00 e. The molecule has 358 valence electrons. The van der Waals surface area contributed by atoms with Crippen LogP contribution in [0.25, 0.3) is 0 Å². The quantitative estimate of drug-likeness (QED) is 0.104. The van der Waals surface area contributed by atoms with Crippen LogP contribution in [0.2, 0.25) is 0 Å². The van der Waals surface area contributed by atoms with Crippen LogP contribution < -0.4 is 41.3 Å². The van der Waals surface area contributed by atoms with Crippen molar-refractivity contribution in [1.29, 1.82) is 0 Å². The van der Waals surface area contributed by atoms with E-state index in [1.807, 2.05) is 24.3 Å². The molecule has 4 bridgehead atoms. The van der Waals surface area contributed by atoms with Gasteiger partial charge >= 0.3 is 79.9 Å². The Hall–Kier alpha value is -2.41. The van der Waals surface area contributed by atoms with Crippen molar-refractivity contribution < 1.29 is 139 Å². The van der Waals surface area contributed by atoms with Crippen LogP contribution in [0.3, 0.4) is 0 Å². The van der Waals surface area contributed by atoms with Crippen LogP contribution in [0.1, 0.15) is 49.9 Å². The van der Waals surface area contributed by atoms with Crippen molar-refractivity contribution in [3.05, 3.63) is 70.8 Å². The third-order valence-corrected chi connectivity index (χ3v) is 12.1. The van der Waals surface area contributed by atoms with E-state index in [1.165, 1.54) is 27.7 Å². The zero-order valence-electron chi connectivity index (χ0n) is 37.0. The Morgan fingerprint density at radius 3 is 0.954 bits per heavy atom. The smallest absolute Gasteiger partial charge is 0.548 e. The van der Waals surface area contributed by atoms with Crippen LogP contribution >= 0.6 is 0 Å². The van der Waals surface area contributed by atoms with E-state index in [1.54, 1.807) is 53.7 Å². The summed E-state index contributed by atoms with van der Waals surface area (Å²) in [7, 11) is 0. The fourth-order valence-corrected chi connectivity index (χ4v) is 7.95. The van der Waals surface area contributed by atoms with Gasteiger partial charge in [-0.3, -0.25) is 29.4 Å². The average molecular weight is 1190 g/mol. The molecule has 0 saturated carbocycles. The molecule has 0 aromatic heterocycles. The number of nitrogens with zero attached hydrogens (tertiary/aromatic N) is 6. The molecule has 0 spiro atoms. The van der Waals surface area contributed by atoms with E-state index < -0.39 is 72.1 Å². The normalized spacial score (nSPS) is 19.6. The molecule has 0 aliphatic carbocycles. The Morgan fingerprint density at radius 2 is 0.677 bits per heavy atom. The van der Waals surface area contributed by atoms with Crippen molar-refractivity contribution in [2.45, 2.75) is 90.1 Å². The number of fused-ring (bicyclic) bond motifs is 4. The number of rotatable bonds is 18. The molecule has 4 rings (SSSR count). The van der Waals surface area contributed by atoms with E-state index in [2.05, 4.69) is 10.6 Å². The van der Waals surface area contributed by atoms with Gasteiger partial charge in [0.25, 0.3) is 0 Å². The number of benzene rings is 2. The number of carboxylic acid groups (broad SMARTS) is 6. The Bertz CT molecular complexity index is 1770. The number of nitrogens with one attached hydrogen (secondary N) is 2. The summed E-state index contributed by atoms with van der Waals surface area (Å²) in [5.41, 5.74) is 2.97. The van der Waals surface area contributed by atoms with Gasteiger partial charge in [0.05, 0.1) is 47.9 Å². The zero-order chi connectivity index (χ0) is 46.4. The molecule has 2 aromatic carbocycles. The molecule has 0 saturated heterocycles. The van der Waals surface area contributed by atoms with Crippen LogP contribution in [0.4, 0.5) is 0 Å². The van der Waals surface area contributed by atoms with Crippen LogP contribution in [0.5, 0.6) is 0 Å². The Labute approximate surface area is 444 Å². The molecular formula is C43H58Gd2N8O12. The number of carbonyl (C=O) groups excluding carboxylic acids is 6. The molecule has 2 heterocycles. The summed E-state index contributed by atoms with van der Waals surface area (Å²) in [6.45, 7) is 7.16. The average Bonchev–Trinajstić information content (AvgIpc) is 3.22. The minimum Gasteiger partial charge on any atom is -0.548 e. The summed E-state index contributed by atoms with van der Waals surface area (Å²) in [6.07, 6.45) is 0. The summed E-state index contributed by atoms with van der Waals surface area (Å²) in [6, 6.07) is 7.96. The maximum atomic E-state index is 12.7.